The highest BCUT2D eigenvalue weighted by Gasteiger charge is 2.41. The Labute approximate surface area is 124 Å². The van der Waals surface area contributed by atoms with E-state index >= 15 is 0 Å². The van der Waals surface area contributed by atoms with E-state index < -0.39 is 5.54 Å². The number of aryl methyl sites for hydroxylation is 1. The van der Waals surface area contributed by atoms with Crippen molar-refractivity contribution in [2.75, 3.05) is 26.7 Å². The van der Waals surface area contributed by atoms with Crippen LogP contribution in [-0.4, -0.2) is 53.7 Å². The SMILES string of the molecule is CCc1ccc(C(=O)CN2CCN(C)C(=O)C2(C)C)s1. The van der Waals surface area contributed by atoms with E-state index in [1.165, 1.54) is 4.88 Å². The molecule has 0 radical (unpaired) electrons. The molecule has 0 aliphatic carbocycles. The molecule has 0 bridgehead atoms. The zero-order chi connectivity index (χ0) is 14.9. The number of likely N-dealkylation sites (N-methyl/N-ethyl adjacent to an activating group) is 1. The molecule has 20 heavy (non-hydrogen) atoms. The summed E-state index contributed by atoms with van der Waals surface area (Å²) >= 11 is 1.56. The zero-order valence-corrected chi connectivity index (χ0v) is 13.4. The average Bonchev–Trinajstić information content (AvgIpc) is 2.89. The smallest absolute Gasteiger partial charge is 0.242 e. The number of thiophene rings is 1. The maximum Gasteiger partial charge on any atom is 0.242 e. The third-order valence-electron chi connectivity index (χ3n) is 3.99. The van der Waals surface area contributed by atoms with Crippen molar-refractivity contribution in [1.82, 2.24) is 9.80 Å². The molecule has 1 aromatic heterocycles. The summed E-state index contributed by atoms with van der Waals surface area (Å²) in [6.07, 6.45) is 0.955. The molecule has 5 heteroatoms. The quantitative estimate of drug-likeness (QED) is 0.798. The Morgan fingerprint density at radius 2 is 2.05 bits per heavy atom. The van der Waals surface area contributed by atoms with E-state index in [0.29, 0.717) is 13.1 Å². The van der Waals surface area contributed by atoms with Gasteiger partial charge in [-0.1, -0.05) is 6.92 Å². The van der Waals surface area contributed by atoms with Gasteiger partial charge in [-0.3, -0.25) is 14.5 Å². The largest absolute Gasteiger partial charge is 0.343 e. The first-order chi connectivity index (χ1) is 9.36. The fraction of sp³-hybridized carbons (Fsp3) is 0.600. The summed E-state index contributed by atoms with van der Waals surface area (Å²) in [5, 5.41) is 0. The molecule has 0 N–H and O–H groups in total. The monoisotopic (exact) mass is 294 g/mol. The van der Waals surface area contributed by atoms with Crippen LogP contribution in [0.15, 0.2) is 12.1 Å². The number of piperazine rings is 1. The standard InChI is InChI=1S/C15H22N2O2S/c1-5-11-6-7-13(20-11)12(18)10-17-9-8-16(4)14(19)15(17,2)3/h6-7H,5,8-10H2,1-4H3. The molecule has 0 saturated carbocycles. The van der Waals surface area contributed by atoms with Gasteiger partial charge < -0.3 is 4.90 Å². The van der Waals surface area contributed by atoms with E-state index in [1.807, 2.05) is 37.9 Å². The van der Waals surface area contributed by atoms with Gasteiger partial charge in [0.15, 0.2) is 5.78 Å². The highest BCUT2D eigenvalue weighted by molar-refractivity contribution is 7.14. The van der Waals surface area contributed by atoms with Crippen LogP contribution in [0, 0.1) is 0 Å². The van der Waals surface area contributed by atoms with E-state index in [4.69, 9.17) is 0 Å². The third kappa shape index (κ3) is 2.79. The molecule has 1 fully saturated rings. The third-order valence-corrected chi connectivity index (χ3v) is 5.26. The van der Waals surface area contributed by atoms with Crippen LogP contribution < -0.4 is 0 Å². The molecule has 1 amide bonds. The van der Waals surface area contributed by atoms with Crippen molar-refractivity contribution in [3.05, 3.63) is 21.9 Å². The van der Waals surface area contributed by atoms with Gasteiger partial charge in [-0.05, 0) is 32.4 Å². The maximum atomic E-state index is 12.4. The van der Waals surface area contributed by atoms with E-state index in [0.717, 1.165) is 17.8 Å². The highest BCUT2D eigenvalue weighted by Crippen LogP contribution is 2.23. The maximum absolute atomic E-state index is 12.4. The number of nitrogens with zero attached hydrogens (tertiary/aromatic N) is 2. The molecule has 0 unspecified atom stereocenters. The van der Waals surface area contributed by atoms with E-state index in [2.05, 4.69) is 6.92 Å². The molecule has 1 saturated heterocycles. The van der Waals surface area contributed by atoms with Crippen molar-refractivity contribution in [2.24, 2.45) is 0 Å². The summed E-state index contributed by atoms with van der Waals surface area (Å²) in [5.74, 6) is 0.192. The van der Waals surface area contributed by atoms with Crippen molar-refractivity contribution >= 4 is 23.0 Å². The van der Waals surface area contributed by atoms with Gasteiger partial charge in [0.2, 0.25) is 5.91 Å². The van der Waals surface area contributed by atoms with Crippen LogP contribution in [-0.2, 0) is 11.2 Å². The summed E-state index contributed by atoms with van der Waals surface area (Å²) in [7, 11) is 1.82. The molecule has 0 spiro atoms. The second-order valence-electron chi connectivity index (χ2n) is 5.75. The minimum atomic E-state index is -0.604. The van der Waals surface area contributed by atoms with E-state index in [9.17, 15) is 9.59 Å². The molecule has 0 aromatic carbocycles. The topological polar surface area (TPSA) is 40.6 Å². The summed E-state index contributed by atoms with van der Waals surface area (Å²) in [6, 6.07) is 3.91. The van der Waals surface area contributed by atoms with Gasteiger partial charge in [-0.2, -0.15) is 0 Å². The van der Waals surface area contributed by atoms with Gasteiger partial charge in [0.05, 0.1) is 17.0 Å². The summed E-state index contributed by atoms with van der Waals surface area (Å²) in [6.45, 7) is 7.61. The van der Waals surface area contributed by atoms with Gasteiger partial charge >= 0.3 is 0 Å². The van der Waals surface area contributed by atoms with Crippen molar-refractivity contribution < 1.29 is 9.59 Å². The fourth-order valence-electron chi connectivity index (χ4n) is 2.50. The van der Waals surface area contributed by atoms with Gasteiger partial charge in [-0.25, -0.2) is 0 Å². The average molecular weight is 294 g/mol. The van der Waals surface area contributed by atoms with Crippen LogP contribution in [0.3, 0.4) is 0 Å². The molecule has 1 aromatic rings. The molecular weight excluding hydrogens is 272 g/mol. The Balaban J connectivity index is 2.09. The van der Waals surface area contributed by atoms with Crippen molar-refractivity contribution in [3.63, 3.8) is 0 Å². The summed E-state index contributed by atoms with van der Waals surface area (Å²) in [4.78, 5) is 30.3. The van der Waals surface area contributed by atoms with Crippen LogP contribution in [0.1, 0.15) is 35.3 Å². The molecule has 0 atom stereocenters. The Kier molecular flexibility index (Phi) is 4.30. The minimum Gasteiger partial charge on any atom is -0.343 e. The Hall–Kier alpha value is -1.20. The number of hydrogen-bond donors (Lipinski definition) is 0. The molecule has 110 valence electrons. The Bertz CT molecular complexity index is 522. The first-order valence-corrected chi connectivity index (χ1v) is 7.80. The second-order valence-corrected chi connectivity index (χ2v) is 6.92. The van der Waals surface area contributed by atoms with Gasteiger partial charge in [0, 0.05) is 25.0 Å². The predicted octanol–water partition coefficient (Wildman–Crippen LogP) is 2.05. The first-order valence-electron chi connectivity index (χ1n) is 6.98. The second kappa shape index (κ2) is 5.66. The fourth-order valence-corrected chi connectivity index (χ4v) is 3.38. The molecule has 4 nitrogen and oxygen atoms in total. The van der Waals surface area contributed by atoms with E-state index in [1.54, 1.807) is 16.2 Å². The number of Topliss-reactive ketones (excluding diaryl/α,β-unsaturated/α-hetero) is 1. The lowest BCUT2D eigenvalue weighted by Gasteiger charge is -2.44. The minimum absolute atomic E-state index is 0.0805. The van der Waals surface area contributed by atoms with Gasteiger partial charge in [0.25, 0.3) is 0 Å². The highest BCUT2D eigenvalue weighted by atomic mass is 32.1. The number of carbonyl (C=O) groups excluding carboxylic acids is 2. The lowest BCUT2D eigenvalue weighted by atomic mass is 9.97. The van der Waals surface area contributed by atoms with Gasteiger partial charge in [0.1, 0.15) is 0 Å². The van der Waals surface area contributed by atoms with Gasteiger partial charge in [-0.15, -0.1) is 11.3 Å². The number of ketones is 1. The van der Waals surface area contributed by atoms with Crippen molar-refractivity contribution in [2.45, 2.75) is 32.7 Å². The number of amides is 1. The first kappa shape index (κ1) is 15.2. The Morgan fingerprint density at radius 3 is 2.65 bits per heavy atom. The Morgan fingerprint density at radius 1 is 1.35 bits per heavy atom. The number of rotatable bonds is 4. The van der Waals surface area contributed by atoms with Crippen LogP contribution >= 0.6 is 11.3 Å². The van der Waals surface area contributed by atoms with Crippen molar-refractivity contribution in [3.8, 4) is 0 Å². The predicted molar refractivity (Wildman–Crippen MR) is 81.3 cm³/mol. The van der Waals surface area contributed by atoms with E-state index in [-0.39, 0.29) is 11.7 Å². The summed E-state index contributed by atoms with van der Waals surface area (Å²) < 4.78 is 0. The number of hydrogen-bond acceptors (Lipinski definition) is 4. The molecule has 2 heterocycles. The van der Waals surface area contributed by atoms with Crippen LogP contribution in [0.5, 0.6) is 0 Å². The molecule has 1 aliphatic rings. The molecule has 2 rings (SSSR count). The normalized spacial score (nSPS) is 19.4. The van der Waals surface area contributed by atoms with Crippen LogP contribution in [0.4, 0.5) is 0 Å². The van der Waals surface area contributed by atoms with Crippen LogP contribution in [0.2, 0.25) is 0 Å². The molecular formula is C15H22N2O2S. The lowest BCUT2D eigenvalue weighted by molar-refractivity contribution is -0.146. The van der Waals surface area contributed by atoms with Crippen molar-refractivity contribution in [1.29, 1.82) is 0 Å². The zero-order valence-electron chi connectivity index (χ0n) is 12.6. The lowest BCUT2D eigenvalue weighted by Crippen LogP contribution is -2.62. The number of carbonyl (C=O) groups is 2. The molecule has 1 aliphatic heterocycles. The van der Waals surface area contributed by atoms with Crippen LogP contribution in [0.25, 0.3) is 0 Å². The summed E-state index contributed by atoms with van der Waals surface area (Å²) in [5.41, 5.74) is -0.604.